The summed E-state index contributed by atoms with van der Waals surface area (Å²) in [4.78, 5) is 17.6. The van der Waals surface area contributed by atoms with Crippen molar-refractivity contribution in [1.29, 1.82) is 0 Å². The summed E-state index contributed by atoms with van der Waals surface area (Å²) in [5.41, 5.74) is -0.237. The first-order valence-corrected chi connectivity index (χ1v) is 4.48. The van der Waals surface area contributed by atoms with Crippen molar-refractivity contribution in [2.24, 2.45) is 0 Å². The van der Waals surface area contributed by atoms with E-state index in [1.165, 1.54) is 7.11 Å². The summed E-state index contributed by atoms with van der Waals surface area (Å²) >= 11 is 0. The van der Waals surface area contributed by atoms with Crippen LogP contribution in [0.1, 0.15) is 13.3 Å². The van der Waals surface area contributed by atoms with E-state index in [0.717, 1.165) is 12.6 Å². The average Bonchev–Trinajstić information content (AvgIpc) is 2.25. The van der Waals surface area contributed by atoms with Crippen LogP contribution in [0.5, 0.6) is 5.88 Å². The highest BCUT2D eigenvalue weighted by atomic mass is 16.6. The summed E-state index contributed by atoms with van der Waals surface area (Å²) < 4.78 is 4.79. The number of nitrogens with zero attached hydrogens (tertiary/aromatic N) is 3. The predicted octanol–water partition coefficient (Wildman–Crippen LogP) is 1.22. The Morgan fingerprint density at radius 1 is 1.67 bits per heavy atom. The molecule has 0 atom stereocenters. The van der Waals surface area contributed by atoms with Crippen molar-refractivity contribution in [1.82, 2.24) is 9.97 Å². The molecule has 0 radical (unpaired) electrons. The van der Waals surface area contributed by atoms with Crippen LogP contribution in [0, 0.1) is 10.1 Å². The Hall–Kier alpha value is -1.92. The van der Waals surface area contributed by atoms with Crippen LogP contribution in [0.15, 0.2) is 6.20 Å². The molecule has 7 heteroatoms. The number of hydrogen-bond acceptors (Lipinski definition) is 6. The molecule has 0 bridgehead atoms. The van der Waals surface area contributed by atoms with E-state index in [0.29, 0.717) is 12.5 Å². The fourth-order valence-corrected chi connectivity index (χ4v) is 0.957. The van der Waals surface area contributed by atoms with E-state index < -0.39 is 4.92 Å². The van der Waals surface area contributed by atoms with Gasteiger partial charge in [0.15, 0.2) is 0 Å². The molecule has 1 aromatic rings. The van der Waals surface area contributed by atoms with Gasteiger partial charge >= 0.3 is 5.69 Å². The second-order valence-electron chi connectivity index (χ2n) is 2.77. The van der Waals surface area contributed by atoms with Gasteiger partial charge in [0.25, 0.3) is 5.88 Å². The lowest BCUT2D eigenvalue weighted by atomic mass is 10.5. The standard InChI is InChI=1S/C8H12N4O3/c1-3-4-9-8-10-5-6(12(13)14)7(11-8)15-2/h5H,3-4H2,1-2H3,(H,9,10,11). The van der Waals surface area contributed by atoms with E-state index in [9.17, 15) is 10.1 Å². The molecule has 0 aromatic carbocycles. The number of hydrogen-bond donors (Lipinski definition) is 1. The normalized spacial score (nSPS) is 9.73. The number of ether oxygens (including phenoxy) is 1. The maximum absolute atomic E-state index is 10.5. The molecule has 1 aromatic heterocycles. The summed E-state index contributed by atoms with van der Waals surface area (Å²) in [5, 5.41) is 13.4. The summed E-state index contributed by atoms with van der Waals surface area (Å²) in [7, 11) is 1.33. The molecule has 1 N–H and O–H groups in total. The molecule has 0 aliphatic heterocycles. The van der Waals surface area contributed by atoms with Gasteiger partial charge in [0, 0.05) is 6.54 Å². The van der Waals surface area contributed by atoms with Gasteiger partial charge in [-0.2, -0.15) is 4.98 Å². The third-order valence-electron chi connectivity index (χ3n) is 1.66. The lowest BCUT2D eigenvalue weighted by molar-refractivity contribution is -0.386. The number of anilines is 1. The third kappa shape index (κ3) is 2.76. The maximum atomic E-state index is 10.5. The Morgan fingerprint density at radius 3 is 2.93 bits per heavy atom. The zero-order chi connectivity index (χ0) is 11.3. The minimum atomic E-state index is -0.581. The molecular weight excluding hydrogens is 200 g/mol. The van der Waals surface area contributed by atoms with Crippen LogP contribution < -0.4 is 10.1 Å². The van der Waals surface area contributed by atoms with Gasteiger partial charge in [0.05, 0.1) is 12.0 Å². The Labute approximate surface area is 86.6 Å². The Kier molecular flexibility index (Phi) is 3.78. The third-order valence-corrected chi connectivity index (χ3v) is 1.66. The number of rotatable bonds is 5. The van der Waals surface area contributed by atoms with Gasteiger partial charge in [-0.05, 0) is 6.42 Å². The van der Waals surface area contributed by atoms with Crippen molar-refractivity contribution in [2.45, 2.75) is 13.3 Å². The smallest absolute Gasteiger partial charge is 0.349 e. The van der Waals surface area contributed by atoms with Crippen molar-refractivity contribution in [3.63, 3.8) is 0 Å². The number of nitrogens with one attached hydrogen (secondary N) is 1. The van der Waals surface area contributed by atoms with Gasteiger partial charge in [-0.3, -0.25) is 10.1 Å². The van der Waals surface area contributed by atoms with E-state index in [-0.39, 0.29) is 11.6 Å². The van der Waals surface area contributed by atoms with Gasteiger partial charge in [0.2, 0.25) is 5.95 Å². The molecule has 0 spiro atoms. The maximum Gasteiger partial charge on any atom is 0.349 e. The van der Waals surface area contributed by atoms with Crippen LogP contribution in [0.3, 0.4) is 0 Å². The first-order valence-electron chi connectivity index (χ1n) is 4.48. The molecular formula is C8H12N4O3. The van der Waals surface area contributed by atoms with Crippen LogP contribution in [0.25, 0.3) is 0 Å². The minimum absolute atomic E-state index is 0.0337. The summed E-state index contributed by atoms with van der Waals surface area (Å²) in [5.74, 6) is 0.299. The van der Waals surface area contributed by atoms with Gasteiger partial charge in [-0.1, -0.05) is 6.92 Å². The van der Waals surface area contributed by atoms with Crippen molar-refractivity contribution in [2.75, 3.05) is 19.0 Å². The number of nitro groups is 1. The van der Waals surface area contributed by atoms with E-state index in [1.54, 1.807) is 0 Å². The Bertz CT molecular complexity index is 356. The average molecular weight is 212 g/mol. The van der Waals surface area contributed by atoms with Crippen molar-refractivity contribution >= 4 is 11.6 Å². The van der Waals surface area contributed by atoms with Crippen molar-refractivity contribution in [3.8, 4) is 5.88 Å². The second-order valence-corrected chi connectivity index (χ2v) is 2.77. The molecule has 0 fully saturated rings. The highest BCUT2D eigenvalue weighted by Gasteiger charge is 2.17. The summed E-state index contributed by atoms with van der Waals surface area (Å²) in [6.45, 7) is 2.70. The van der Waals surface area contributed by atoms with Crippen LogP contribution in [-0.2, 0) is 0 Å². The first-order chi connectivity index (χ1) is 7.19. The molecule has 0 amide bonds. The molecule has 1 rings (SSSR count). The molecule has 15 heavy (non-hydrogen) atoms. The molecule has 0 saturated heterocycles. The van der Waals surface area contributed by atoms with E-state index in [1.807, 2.05) is 6.92 Å². The second kappa shape index (κ2) is 5.08. The highest BCUT2D eigenvalue weighted by molar-refractivity contribution is 5.42. The lowest BCUT2D eigenvalue weighted by Gasteiger charge is -2.04. The van der Waals surface area contributed by atoms with Gasteiger partial charge in [-0.15, -0.1) is 0 Å². The zero-order valence-corrected chi connectivity index (χ0v) is 8.56. The van der Waals surface area contributed by atoms with E-state index in [4.69, 9.17) is 4.74 Å². The summed E-state index contributed by atoms with van der Waals surface area (Å²) in [6, 6.07) is 0. The van der Waals surface area contributed by atoms with Crippen molar-refractivity contribution in [3.05, 3.63) is 16.3 Å². The SMILES string of the molecule is CCCNc1ncc([N+](=O)[O-])c(OC)n1. The topological polar surface area (TPSA) is 90.2 Å². The number of methoxy groups -OCH3 is 1. The van der Waals surface area contributed by atoms with Gasteiger partial charge in [-0.25, -0.2) is 4.98 Å². The lowest BCUT2D eigenvalue weighted by Crippen LogP contribution is -2.06. The quantitative estimate of drug-likeness (QED) is 0.582. The first kappa shape index (κ1) is 11.2. The van der Waals surface area contributed by atoms with Crippen LogP contribution in [-0.4, -0.2) is 28.5 Å². The fourth-order valence-electron chi connectivity index (χ4n) is 0.957. The predicted molar refractivity (Wildman–Crippen MR) is 54.0 cm³/mol. The van der Waals surface area contributed by atoms with Crippen LogP contribution in [0.4, 0.5) is 11.6 Å². The minimum Gasteiger partial charge on any atom is -0.476 e. The van der Waals surface area contributed by atoms with Gasteiger partial charge in [0.1, 0.15) is 6.20 Å². The monoisotopic (exact) mass is 212 g/mol. The molecule has 0 aliphatic carbocycles. The fraction of sp³-hybridized carbons (Fsp3) is 0.500. The van der Waals surface area contributed by atoms with E-state index in [2.05, 4.69) is 15.3 Å². The molecule has 1 heterocycles. The molecule has 7 nitrogen and oxygen atoms in total. The Morgan fingerprint density at radius 2 is 2.40 bits per heavy atom. The highest BCUT2D eigenvalue weighted by Crippen LogP contribution is 2.23. The largest absolute Gasteiger partial charge is 0.476 e. The molecule has 0 saturated carbocycles. The summed E-state index contributed by atoms with van der Waals surface area (Å²) in [6.07, 6.45) is 2.05. The molecule has 0 aliphatic rings. The Balaban J connectivity index is 2.92. The van der Waals surface area contributed by atoms with E-state index >= 15 is 0 Å². The zero-order valence-electron chi connectivity index (χ0n) is 8.56. The molecule has 0 unspecified atom stereocenters. The molecule has 82 valence electrons. The van der Waals surface area contributed by atoms with Gasteiger partial charge < -0.3 is 10.1 Å². The van der Waals surface area contributed by atoms with Crippen LogP contribution >= 0.6 is 0 Å². The van der Waals surface area contributed by atoms with Crippen molar-refractivity contribution < 1.29 is 9.66 Å². The van der Waals surface area contributed by atoms with Crippen LogP contribution in [0.2, 0.25) is 0 Å². The number of aromatic nitrogens is 2.